The lowest BCUT2D eigenvalue weighted by Gasteiger charge is -2.35. The number of benzene rings is 2. The van der Waals surface area contributed by atoms with Crippen molar-refractivity contribution in [2.75, 3.05) is 12.8 Å². The van der Waals surface area contributed by atoms with Crippen LogP contribution in [0.2, 0.25) is 0 Å². The first-order chi connectivity index (χ1) is 16.9. The highest BCUT2D eigenvalue weighted by atomic mass is 19.4. The van der Waals surface area contributed by atoms with Gasteiger partial charge in [-0.1, -0.05) is 43.3 Å². The number of methoxy groups -OCH3 is 1. The maximum absolute atomic E-state index is 12.7. The molecule has 0 spiro atoms. The van der Waals surface area contributed by atoms with Crippen LogP contribution in [0.5, 0.6) is 5.75 Å². The van der Waals surface area contributed by atoms with Crippen molar-refractivity contribution < 1.29 is 27.8 Å². The van der Waals surface area contributed by atoms with Crippen LogP contribution in [-0.2, 0) is 30.1 Å². The summed E-state index contributed by atoms with van der Waals surface area (Å²) in [6, 6.07) is 16.6. The standard InChI is InChI=1S/C24H27N3O2.C2HF3O2/c1-24(12-6-11-20-21(24)26-23(25)27(2)22(20)28)15-16-7-4-8-17(13-16)18-9-5-10-19(14-18)29-3;3-2(4,5)1(6)7/h4-5,7-10,13-14H,6,11-12,15H2,1-3H3,(H2,25,26);(H,6,7). The van der Waals surface area contributed by atoms with Crippen LogP contribution in [0.25, 0.3) is 11.1 Å². The van der Waals surface area contributed by atoms with Crippen LogP contribution in [0.1, 0.15) is 36.6 Å². The SMILES string of the molecule is COc1cccc(-c2cccc(CC3(C)CCCc4c3nc(N)n(C)c4=O)c2)c1.O=C(O)C(F)(F)F. The number of aliphatic carboxylic acids is 1. The molecule has 0 saturated carbocycles. The molecule has 3 N–H and O–H groups in total. The monoisotopic (exact) mass is 503 g/mol. The van der Waals surface area contributed by atoms with Crippen molar-refractivity contribution in [2.45, 2.75) is 44.2 Å². The number of carbonyl (C=O) groups is 1. The fraction of sp³-hybridized carbons (Fsp3) is 0.346. The molecule has 0 saturated heterocycles. The van der Waals surface area contributed by atoms with Crippen LogP contribution in [-0.4, -0.2) is 33.9 Å². The van der Waals surface area contributed by atoms with Gasteiger partial charge in [0.2, 0.25) is 5.95 Å². The Morgan fingerprint density at radius 1 is 1.19 bits per heavy atom. The molecule has 1 heterocycles. The topological polar surface area (TPSA) is 107 Å². The van der Waals surface area contributed by atoms with Gasteiger partial charge >= 0.3 is 12.1 Å². The number of halogens is 3. The van der Waals surface area contributed by atoms with E-state index in [1.165, 1.54) is 10.1 Å². The molecule has 0 aliphatic heterocycles. The number of rotatable bonds is 4. The fourth-order valence-corrected chi connectivity index (χ4v) is 4.45. The van der Waals surface area contributed by atoms with Gasteiger partial charge in [0, 0.05) is 18.0 Å². The molecular weight excluding hydrogens is 475 g/mol. The van der Waals surface area contributed by atoms with E-state index in [1.807, 2.05) is 18.2 Å². The number of fused-ring (bicyclic) bond motifs is 1. The predicted molar refractivity (Wildman–Crippen MR) is 130 cm³/mol. The molecule has 0 amide bonds. The Hall–Kier alpha value is -3.82. The summed E-state index contributed by atoms with van der Waals surface area (Å²) in [5, 5.41) is 7.12. The Labute approximate surface area is 206 Å². The molecule has 3 aromatic rings. The zero-order valence-corrected chi connectivity index (χ0v) is 20.2. The van der Waals surface area contributed by atoms with Crippen LogP contribution in [0.15, 0.2) is 53.3 Å². The van der Waals surface area contributed by atoms with Crippen molar-refractivity contribution in [2.24, 2.45) is 7.05 Å². The van der Waals surface area contributed by atoms with Crippen molar-refractivity contribution >= 4 is 11.9 Å². The molecule has 1 aliphatic carbocycles. The summed E-state index contributed by atoms with van der Waals surface area (Å²) < 4.78 is 38.6. The quantitative estimate of drug-likeness (QED) is 0.543. The highest BCUT2D eigenvalue weighted by Gasteiger charge is 2.38. The lowest BCUT2D eigenvalue weighted by molar-refractivity contribution is -0.192. The third-order valence-electron chi connectivity index (χ3n) is 6.31. The number of hydrogen-bond donors (Lipinski definition) is 2. The number of nitrogens with two attached hydrogens (primary N) is 1. The minimum atomic E-state index is -5.08. The summed E-state index contributed by atoms with van der Waals surface area (Å²) >= 11 is 0. The van der Waals surface area contributed by atoms with E-state index >= 15 is 0 Å². The Bertz CT molecular complexity index is 1320. The second-order valence-corrected chi connectivity index (χ2v) is 8.99. The van der Waals surface area contributed by atoms with Crippen molar-refractivity contribution in [3.63, 3.8) is 0 Å². The van der Waals surface area contributed by atoms with Crippen molar-refractivity contribution in [3.8, 4) is 16.9 Å². The zero-order valence-electron chi connectivity index (χ0n) is 20.2. The molecule has 7 nitrogen and oxygen atoms in total. The second kappa shape index (κ2) is 10.4. The summed E-state index contributed by atoms with van der Waals surface area (Å²) in [4.78, 5) is 26.3. The summed E-state index contributed by atoms with van der Waals surface area (Å²) in [6.45, 7) is 2.20. The van der Waals surface area contributed by atoms with Crippen LogP contribution in [0.4, 0.5) is 19.1 Å². The van der Waals surface area contributed by atoms with E-state index in [2.05, 4.69) is 42.2 Å². The highest BCUT2D eigenvalue weighted by molar-refractivity contribution is 5.73. The maximum Gasteiger partial charge on any atom is 0.490 e. The Kier molecular flexibility index (Phi) is 7.76. The van der Waals surface area contributed by atoms with Gasteiger partial charge in [0.05, 0.1) is 12.8 Å². The Morgan fingerprint density at radius 2 is 1.81 bits per heavy atom. The highest BCUT2D eigenvalue weighted by Crippen LogP contribution is 2.38. The lowest BCUT2D eigenvalue weighted by atomic mass is 9.71. The number of carboxylic acids is 1. The number of nitrogen functional groups attached to an aromatic ring is 1. The van der Waals surface area contributed by atoms with Gasteiger partial charge in [-0.2, -0.15) is 13.2 Å². The third kappa shape index (κ3) is 5.87. The van der Waals surface area contributed by atoms with Gasteiger partial charge in [-0.05, 0) is 54.5 Å². The van der Waals surface area contributed by atoms with Crippen molar-refractivity contribution in [1.29, 1.82) is 0 Å². The van der Waals surface area contributed by atoms with Crippen LogP contribution >= 0.6 is 0 Å². The first-order valence-corrected chi connectivity index (χ1v) is 11.2. The molecule has 1 atom stereocenters. The molecular formula is C26H28F3N3O4. The molecule has 192 valence electrons. The van der Waals surface area contributed by atoms with E-state index in [1.54, 1.807) is 14.2 Å². The molecule has 2 aromatic carbocycles. The number of anilines is 1. The van der Waals surface area contributed by atoms with Gasteiger partial charge < -0.3 is 15.6 Å². The van der Waals surface area contributed by atoms with Gasteiger partial charge in [0.15, 0.2) is 0 Å². The van der Waals surface area contributed by atoms with E-state index in [-0.39, 0.29) is 16.9 Å². The normalized spacial score (nSPS) is 16.9. The first kappa shape index (κ1) is 26.8. The van der Waals surface area contributed by atoms with Gasteiger partial charge in [0.25, 0.3) is 5.56 Å². The summed E-state index contributed by atoms with van der Waals surface area (Å²) in [6.07, 6.45) is -1.52. The number of ether oxygens (including phenoxy) is 1. The first-order valence-electron chi connectivity index (χ1n) is 11.2. The van der Waals surface area contributed by atoms with E-state index in [0.29, 0.717) is 0 Å². The average Bonchev–Trinajstić information content (AvgIpc) is 2.83. The smallest absolute Gasteiger partial charge is 0.490 e. The van der Waals surface area contributed by atoms with Crippen LogP contribution in [0, 0.1) is 0 Å². The van der Waals surface area contributed by atoms with E-state index in [0.717, 1.165) is 53.8 Å². The minimum absolute atomic E-state index is 0.0106. The summed E-state index contributed by atoms with van der Waals surface area (Å²) in [7, 11) is 3.37. The molecule has 0 bridgehead atoms. The van der Waals surface area contributed by atoms with Crippen molar-refractivity contribution in [1.82, 2.24) is 9.55 Å². The molecule has 0 fully saturated rings. The molecule has 1 aliphatic rings. The van der Waals surface area contributed by atoms with E-state index in [4.69, 9.17) is 20.4 Å². The van der Waals surface area contributed by atoms with Gasteiger partial charge in [0.1, 0.15) is 5.75 Å². The molecule has 36 heavy (non-hydrogen) atoms. The number of nitrogens with zero attached hydrogens (tertiary/aromatic N) is 2. The van der Waals surface area contributed by atoms with E-state index < -0.39 is 12.1 Å². The minimum Gasteiger partial charge on any atom is -0.497 e. The molecule has 1 aromatic heterocycles. The van der Waals surface area contributed by atoms with Gasteiger partial charge in [-0.3, -0.25) is 9.36 Å². The third-order valence-corrected chi connectivity index (χ3v) is 6.31. The molecule has 4 rings (SSSR count). The number of alkyl halides is 3. The van der Waals surface area contributed by atoms with E-state index in [9.17, 15) is 18.0 Å². The molecule has 1 unspecified atom stereocenters. The fourth-order valence-electron chi connectivity index (χ4n) is 4.45. The Balaban J connectivity index is 0.000000454. The predicted octanol–water partition coefficient (Wildman–Crippen LogP) is 4.51. The maximum atomic E-state index is 12.7. The van der Waals surface area contributed by atoms with Crippen LogP contribution in [0.3, 0.4) is 0 Å². The largest absolute Gasteiger partial charge is 0.497 e. The number of carboxylic acid groups (broad SMARTS) is 1. The van der Waals surface area contributed by atoms with Crippen LogP contribution < -0.4 is 16.0 Å². The second-order valence-electron chi connectivity index (χ2n) is 8.99. The van der Waals surface area contributed by atoms with Gasteiger partial charge in [-0.15, -0.1) is 0 Å². The Morgan fingerprint density at radius 3 is 2.42 bits per heavy atom. The van der Waals surface area contributed by atoms with Gasteiger partial charge in [-0.25, -0.2) is 9.78 Å². The summed E-state index contributed by atoms with van der Waals surface area (Å²) in [5.41, 5.74) is 11.0. The zero-order chi connectivity index (χ0) is 26.7. The lowest BCUT2D eigenvalue weighted by Crippen LogP contribution is -2.38. The number of hydrogen-bond acceptors (Lipinski definition) is 5. The molecule has 0 radical (unpaired) electrons. The van der Waals surface area contributed by atoms with Crippen molar-refractivity contribution in [3.05, 3.63) is 75.7 Å². The molecule has 10 heteroatoms. The number of aromatic nitrogens is 2. The summed E-state index contributed by atoms with van der Waals surface area (Å²) in [5.74, 6) is -1.63. The average molecular weight is 504 g/mol.